The highest BCUT2D eigenvalue weighted by Crippen LogP contribution is 2.25. The Bertz CT molecular complexity index is 783. The fourth-order valence-corrected chi connectivity index (χ4v) is 3.21. The summed E-state index contributed by atoms with van der Waals surface area (Å²) in [5, 5.41) is 3.25. The van der Waals surface area contributed by atoms with E-state index < -0.39 is 0 Å². The Kier molecular flexibility index (Phi) is 3.00. The van der Waals surface area contributed by atoms with E-state index in [2.05, 4.69) is 25.5 Å². The maximum Gasteiger partial charge on any atom is 0.162 e. The number of hydrogen-bond acceptors (Lipinski definition) is 3. The monoisotopic (exact) mass is 281 g/mol. The molecule has 0 radical (unpaired) electrons. The van der Waals surface area contributed by atoms with Crippen LogP contribution in [0.3, 0.4) is 0 Å². The van der Waals surface area contributed by atoms with Crippen LogP contribution in [0.5, 0.6) is 0 Å². The Morgan fingerprint density at radius 1 is 1.24 bits per heavy atom. The highest BCUT2D eigenvalue weighted by Gasteiger charge is 2.20. The summed E-state index contributed by atoms with van der Waals surface area (Å²) in [6, 6.07) is 6.12. The number of aromatic nitrogens is 4. The average molecular weight is 281 g/mol. The van der Waals surface area contributed by atoms with Gasteiger partial charge in [-0.3, -0.25) is 4.57 Å². The molecule has 0 bridgehead atoms. The third-order valence-corrected chi connectivity index (χ3v) is 4.21. The van der Waals surface area contributed by atoms with Crippen LogP contribution >= 0.6 is 0 Å². The van der Waals surface area contributed by atoms with Gasteiger partial charge in [0.2, 0.25) is 0 Å². The molecule has 5 heteroatoms. The van der Waals surface area contributed by atoms with Gasteiger partial charge in [0.25, 0.3) is 0 Å². The van der Waals surface area contributed by atoms with Gasteiger partial charge >= 0.3 is 0 Å². The van der Waals surface area contributed by atoms with Crippen LogP contribution in [0, 0.1) is 0 Å². The Labute approximate surface area is 123 Å². The molecule has 1 aliphatic carbocycles. The quantitative estimate of drug-likeness (QED) is 0.800. The minimum atomic E-state index is 0.785. The Balaban J connectivity index is 1.93. The van der Waals surface area contributed by atoms with Gasteiger partial charge in [0.05, 0.1) is 11.4 Å². The summed E-state index contributed by atoms with van der Waals surface area (Å²) < 4.78 is 4.34. The van der Waals surface area contributed by atoms with Gasteiger partial charge in [-0.1, -0.05) is 6.07 Å². The van der Waals surface area contributed by atoms with Gasteiger partial charge in [-0.05, 0) is 44.9 Å². The molecule has 4 rings (SSSR count). The van der Waals surface area contributed by atoms with Crippen molar-refractivity contribution in [1.82, 2.24) is 24.3 Å². The molecule has 0 atom stereocenters. The van der Waals surface area contributed by atoms with Crippen molar-refractivity contribution in [1.29, 1.82) is 0 Å². The molecule has 108 valence electrons. The van der Waals surface area contributed by atoms with Crippen molar-refractivity contribution in [2.24, 2.45) is 0 Å². The number of fused-ring (bicyclic) bond motifs is 2. The Morgan fingerprint density at radius 3 is 3.05 bits per heavy atom. The van der Waals surface area contributed by atoms with E-state index in [0.29, 0.717) is 0 Å². The zero-order valence-corrected chi connectivity index (χ0v) is 12.2. The summed E-state index contributed by atoms with van der Waals surface area (Å²) in [6.45, 7) is 0.785. The van der Waals surface area contributed by atoms with Crippen molar-refractivity contribution in [3.63, 3.8) is 0 Å². The number of aryl methyl sites for hydroxylation is 1. The number of rotatable bonds is 3. The molecule has 5 nitrogen and oxygen atoms in total. The van der Waals surface area contributed by atoms with Crippen LogP contribution in [0.1, 0.15) is 29.9 Å². The van der Waals surface area contributed by atoms with E-state index in [-0.39, 0.29) is 0 Å². The van der Waals surface area contributed by atoms with Crippen LogP contribution in [0.25, 0.3) is 11.5 Å². The molecule has 0 fully saturated rings. The molecule has 0 unspecified atom stereocenters. The van der Waals surface area contributed by atoms with Crippen LogP contribution in [-0.2, 0) is 19.4 Å². The highest BCUT2D eigenvalue weighted by molar-refractivity contribution is 5.49. The SMILES string of the molecule is CNCc1c(-n2cnc3c2CCCC3)nc2ccccn12. The molecular weight excluding hydrogens is 262 g/mol. The lowest BCUT2D eigenvalue weighted by atomic mass is 10.0. The predicted molar refractivity (Wildman–Crippen MR) is 81.7 cm³/mol. The van der Waals surface area contributed by atoms with Crippen LogP contribution in [0.4, 0.5) is 0 Å². The summed E-state index contributed by atoms with van der Waals surface area (Å²) in [5.74, 6) is 1.01. The summed E-state index contributed by atoms with van der Waals surface area (Å²) in [4.78, 5) is 9.43. The lowest BCUT2D eigenvalue weighted by molar-refractivity contribution is 0.652. The van der Waals surface area contributed by atoms with Crippen LogP contribution < -0.4 is 5.32 Å². The van der Waals surface area contributed by atoms with Gasteiger partial charge in [0, 0.05) is 18.4 Å². The molecule has 3 heterocycles. The standard InChI is InChI=1S/C16H19N5/c1-17-10-14-16(19-15-8-4-5-9-20(14)15)21-11-18-12-6-2-3-7-13(12)21/h4-5,8-9,11,17H,2-3,6-7,10H2,1H3. The molecular formula is C16H19N5. The van der Waals surface area contributed by atoms with E-state index in [1.54, 1.807) is 0 Å². The third-order valence-electron chi connectivity index (χ3n) is 4.21. The van der Waals surface area contributed by atoms with E-state index in [1.807, 2.05) is 31.6 Å². The summed E-state index contributed by atoms with van der Waals surface area (Å²) >= 11 is 0. The van der Waals surface area contributed by atoms with E-state index in [1.165, 1.54) is 29.9 Å². The van der Waals surface area contributed by atoms with Crippen molar-refractivity contribution in [3.8, 4) is 5.82 Å². The first-order chi connectivity index (χ1) is 10.4. The van der Waals surface area contributed by atoms with Crippen molar-refractivity contribution < 1.29 is 0 Å². The largest absolute Gasteiger partial charge is 0.314 e. The maximum absolute atomic E-state index is 4.83. The maximum atomic E-state index is 4.83. The minimum Gasteiger partial charge on any atom is -0.314 e. The van der Waals surface area contributed by atoms with Crippen LogP contribution in [0.2, 0.25) is 0 Å². The molecule has 3 aromatic rings. The smallest absolute Gasteiger partial charge is 0.162 e. The number of pyridine rings is 1. The normalized spacial score (nSPS) is 14.5. The van der Waals surface area contributed by atoms with Gasteiger partial charge in [0.15, 0.2) is 5.82 Å². The van der Waals surface area contributed by atoms with Crippen molar-refractivity contribution >= 4 is 5.65 Å². The lowest BCUT2D eigenvalue weighted by Gasteiger charge is -2.13. The molecule has 0 saturated carbocycles. The van der Waals surface area contributed by atoms with Crippen molar-refractivity contribution in [3.05, 3.63) is 47.8 Å². The molecule has 0 spiro atoms. The summed E-state index contributed by atoms with van der Waals surface area (Å²) in [6.07, 6.45) is 8.70. The van der Waals surface area contributed by atoms with E-state index in [0.717, 1.165) is 30.9 Å². The molecule has 0 aromatic carbocycles. The number of hydrogen-bond donors (Lipinski definition) is 1. The molecule has 3 aromatic heterocycles. The third kappa shape index (κ3) is 1.96. The predicted octanol–water partition coefficient (Wildman–Crippen LogP) is 2.12. The van der Waals surface area contributed by atoms with E-state index in [4.69, 9.17) is 4.98 Å². The first-order valence-corrected chi connectivity index (χ1v) is 7.54. The first-order valence-electron chi connectivity index (χ1n) is 7.54. The topological polar surface area (TPSA) is 47.2 Å². The number of nitrogens with one attached hydrogen (secondary N) is 1. The van der Waals surface area contributed by atoms with Crippen molar-refractivity contribution in [2.45, 2.75) is 32.2 Å². The molecule has 0 aliphatic heterocycles. The first kappa shape index (κ1) is 12.6. The second-order valence-electron chi connectivity index (χ2n) is 5.56. The van der Waals surface area contributed by atoms with Gasteiger partial charge in [-0.15, -0.1) is 0 Å². The number of imidazole rings is 2. The van der Waals surface area contributed by atoms with E-state index >= 15 is 0 Å². The van der Waals surface area contributed by atoms with Crippen molar-refractivity contribution in [2.75, 3.05) is 7.05 Å². The Morgan fingerprint density at radius 2 is 2.14 bits per heavy atom. The van der Waals surface area contributed by atoms with Gasteiger partial charge in [0.1, 0.15) is 12.0 Å². The van der Waals surface area contributed by atoms with Gasteiger partial charge in [-0.2, -0.15) is 0 Å². The van der Waals surface area contributed by atoms with Gasteiger partial charge < -0.3 is 9.72 Å². The fraction of sp³-hybridized carbons (Fsp3) is 0.375. The van der Waals surface area contributed by atoms with Crippen LogP contribution in [-0.4, -0.2) is 26.0 Å². The minimum absolute atomic E-state index is 0.785. The number of nitrogens with zero attached hydrogens (tertiary/aromatic N) is 4. The summed E-state index contributed by atoms with van der Waals surface area (Å²) in [7, 11) is 1.97. The molecule has 1 aliphatic rings. The fourth-order valence-electron chi connectivity index (χ4n) is 3.21. The zero-order valence-electron chi connectivity index (χ0n) is 12.2. The van der Waals surface area contributed by atoms with Gasteiger partial charge in [-0.25, -0.2) is 9.97 Å². The second kappa shape index (κ2) is 5.00. The average Bonchev–Trinajstić information content (AvgIpc) is 3.09. The molecule has 0 saturated heterocycles. The lowest BCUT2D eigenvalue weighted by Crippen LogP contribution is -2.13. The second-order valence-corrected chi connectivity index (χ2v) is 5.56. The molecule has 21 heavy (non-hydrogen) atoms. The van der Waals surface area contributed by atoms with Crippen LogP contribution in [0.15, 0.2) is 30.7 Å². The zero-order chi connectivity index (χ0) is 14.2. The highest BCUT2D eigenvalue weighted by atomic mass is 15.2. The summed E-state index contributed by atoms with van der Waals surface area (Å²) in [5.41, 5.74) is 4.74. The van der Waals surface area contributed by atoms with E-state index in [9.17, 15) is 0 Å². The molecule has 0 amide bonds. The Hall–Kier alpha value is -2.14. The molecule has 1 N–H and O–H groups in total.